The Morgan fingerprint density at radius 3 is 2.50 bits per heavy atom. The summed E-state index contributed by atoms with van der Waals surface area (Å²) in [5.74, 6) is -1.60. The summed E-state index contributed by atoms with van der Waals surface area (Å²) in [4.78, 5) is 21.7. The maximum Gasteiger partial charge on any atom is 0.333 e. The zero-order valence-corrected chi connectivity index (χ0v) is 9.23. The van der Waals surface area contributed by atoms with Crippen molar-refractivity contribution in [1.29, 1.82) is 0 Å². The molecular formula is C11H16O5. The predicted molar refractivity (Wildman–Crippen MR) is 57.8 cm³/mol. The Hall–Kier alpha value is -1.62. The number of methoxy groups -OCH3 is 1. The monoisotopic (exact) mass is 228 g/mol. The number of aliphatic carboxylic acids is 1. The smallest absolute Gasteiger partial charge is 0.333 e. The molecular weight excluding hydrogens is 212 g/mol. The van der Waals surface area contributed by atoms with Crippen molar-refractivity contribution in [3.8, 4) is 0 Å². The van der Waals surface area contributed by atoms with Gasteiger partial charge in [0.05, 0.1) is 7.11 Å². The van der Waals surface area contributed by atoms with Crippen molar-refractivity contribution in [3.63, 3.8) is 0 Å². The fourth-order valence-corrected chi connectivity index (χ4v) is 1.04. The first-order valence-electron chi connectivity index (χ1n) is 4.82. The van der Waals surface area contributed by atoms with Crippen molar-refractivity contribution in [2.45, 2.75) is 19.3 Å². The molecule has 0 aliphatic rings. The fraction of sp³-hybridized carbons (Fsp3) is 0.455. The van der Waals surface area contributed by atoms with E-state index in [1.807, 2.05) is 0 Å². The van der Waals surface area contributed by atoms with E-state index >= 15 is 0 Å². The molecule has 16 heavy (non-hydrogen) atoms. The molecule has 0 saturated heterocycles. The largest absolute Gasteiger partial charge is 0.478 e. The minimum absolute atomic E-state index is 0.0669. The quantitative estimate of drug-likeness (QED) is 0.499. The minimum Gasteiger partial charge on any atom is -0.478 e. The SMILES string of the molecule is C=C(CC=C(CCCO)C(=O)O)C(=O)OC. The Kier molecular flexibility index (Phi) is 6.87. The van der Waals surface area contributed by atoms with Crippen LogP contribution in [0.2, 0.25) is 0 Å². The zero-order chi connectivity index (χ0) is 12.6. The van der Waals surface area contributed by atoms with Gasteiger partial charge in [-0.1, -0.05) is 12.7 Å². The van der Waals surface area contributed by atoms with Gasteiger partial charge < -0.3 is 14.9 Å². The third-order valence-corrected chi connectivity index (χ3v) is 1.95. The second-order valence-corrected chi connectivity index (χ2v) is 3.16. The Morgan fingerprint density at radius 2 is 2.06 bits per heavy atom. The van der Waals surface area contributed by atoms with Crippen molar-refractivity contribution in [2.24, 2.45) is 0 Å². The average molecular weight is 228 g/mol. The van der Waals surface area contributed by atoms with Gasteiger partial charge in [0.15, 0.2) is 0 Å². The molecule has 0 radical (unpaired) electrons. The van der Waals surface area contributed by atoms with Gasteiger partial charge in [0.25, 0.3) is 0 Å². The van der Waals surface area contributed by atoms with Crippen LogP contribution in [-0.4, -0.2) is 35.9 Å². The van der Waals surface area contributed by atoms with Gasteiger partial charge in [-0.3, -0.25) is 0 Å². The van der Waals surface area contributed by atoms with Gasteiger partial charge in [-0.25, -0.2) is 9.59 Å². The molecule has 0 aliphatic heterocycles. The highest BCUT2D eigenvalue weighted by Gasteiger charge is 2.09. The molecule has 0 aromatic carbocycles. The van der Waals surface area contributed by atoms with E-state index in [1.165, 1.54) is 13.2 Å². The highest BCUT2D eigenvalue weighted by molar-refractivity contribution is 5.89. The number of carbonyl (C=O) groups excluding carboxylic acids is 1. The molecule has 2 N–H and O–H groups in total. The normalized spacial score (nSPS) is 11.0. The van der Waals surface area contributed by atoms with Crippen molar-refractivity contribution < 1.29 is 24.5 Å². The van der Waals surface area contributed by atoms with E-state index in [0.717, 1.165) is 0 Å². The Balaban J connectivity index is 4.39. The molecule has 5 nitrogen and oxygen atoms in total. The number of rotatable bonds is 7. The van der Waals surface area contributed by atoms with Crippen LogP contribution in [0.25, 0.3) is 0 Å². The summed E-state index contributed by atoms with van der Waals surface area (Å²) in [6.07, 6.45) is 2.19. The minimum atomic E-state index is -1.05. The number of ether oxygens (including phenoxy) is 1. The Labute approximate surface area is 94.0 Å². The number of carbonyl (C=O) groups is 2. The number of carboxylic acids is 1. The van der Waals surface area contributed by atoms with Gasteiger partial charge in [0.2, 0.25) is 0 Å². The van der Waals surface area contributed by atoms with E-state index in [9.17, 15) is 9.59 Å². The summed E-state index contributed by atoms with van der Waals surface area (Å²) in [6, 6.07) is 0. The van der Waals surface area contributed by atoms with Crippen molar-refractivity contribution in [1.82, 2.24) is 0 Å². The predicted octanol–water partition coefficient (Wildman–Crippen LogP) is 0.889. The highest BCUT2D eigenvalue weighted by Crippen LogP contribution is 2.10. The van der Waals surface area contributed by atoms with E-state index in [1.54, 1.807) is 0 Å². The molecule has 0 aromatic heterocycles. The van der Waals surface area contributed by atoms with Gasteiger partial charge in [-0.2, -0.15) is 0 Å². The van der Waals surface area contributed by atoms with Crippen molar-refractivity contribution in [3.05, 3.63) is 23.8 Å². The Bertz CT molecular complexity index is 303. The van der Waals surface area contributed by atoms with Crippen molar-refractivity contribution >= 4 is 11.9 Å². The van der Waals surface area contributed by atoms with Crippen LogP contribution in [0.5, 0.6) is 0 Å². The summed E-state index contributed by atoms with van der Waals surface area (Å²) in [7, 11) is 1.24. The second kappa shape index (κ2) is 7.64. The third kappa shape index (κ3) is 5.31. The lowest BCUT2D eigenvalue weighted by atomic mass is 10.1. The second-order valence-electron chi connectivity index (χ2n) is 3.16. The standard InChI is InChI=1S/C11H16O5/c1-8(11(15)16-2)5-6-9(10(13)14)4-3-7-12/h6,12H,1,3-5,7H2,2H3,(H,13,14). The van der Waals surface area contributed by atoms with Crippen LogP contribution in [0.1, 0.15) is 19.3 Å². The number of allylic oxidation sites excluding steroid dienone is 1. The number of esters is 1. The average Bonchev–Trinajstić information content (AvgIpc) is 2.27. The third-order valence-electron chi connectivity index (χ3n) is 1.95. The first-order chi connectivity index (χ1) is 7.52. The van der Waals surface area contributed by atoms with Crippen LogP contribution in [-0.2, 0) is 14.3 Å². The van der Waals surface area contributed by atoms with E-state index in [0.29, 0.717) is 6.42 Å². The lowest BCUT2D eigenvalue weighted by Gasteiger charge is -2.02. The lowest BCUT2D eigenvalue weighted by molar-refractivity contribution is -0.136. The van der Waals surface area contributed by atoms with E-state index in [-0.39, 0.29) is 30.6 Å². The van der Waals surface area contributed by atoms with Crippen LogP contribution in [0.15, 0.2) is 23.8 Å². The Morgan fingerprint density at radius 1 is 1.44 bits per heavy atom. The van der Waals surface area contributed by atoms with Gasteiger partial charge >= 0.3 is 11.9 Å². The van der Waals surface area contributed by atoms with Crippen LogP contribution in [0.3, 0.4) is 0 Å². The molecule has 0 saturated carbocycles. The number of aliphatic hydroxyl groups excluding tert-OH is 1. The van der Waals surface area contributed by atoms with Crippen molar-refractivity contribution in [2.75, 3.05) is 13.7 Å². The van der Waals surface area contributed by atoms with Gasteiger partial charge in [-0.05, 0) is 19.3 Å². The van der Waals surface area contributed by atoms with Gasteiger partial charge in [-0.15, -0.1) is 0 Å². The van der Waals surface area contributed by atoms with Gasteiger partial charge in [0, 0.05) is 17.8 Å². The van der Waals surface area contributed by atoms with Crippen LogP contribution in [0, 0.1) is 0 Å². The van der Waals surface area contributed by atoms with E-state index in [4.69, 9.17) is 10.2 Å². The van der Waals surface area contributed by atoms with Crippen LogP contribution < -0.4 is 0 Å². The van der Waals surface area contributed by atoms with E-state index < -0.39 is 11.9 Å². The molecule has 0 heterocycles. The van der Waals surface area contributed by atoms with Crippen LogP contribution >= 0.6 is 0 Å². The molecule has 0 spiro atoms. The first-order valence-corrected chi connectivity index (χ1v) is 4.82. The topological polar surface area (TPSA) is 83.8 Å². The molecule has 0 fully saturated rings. The van der Waals surface area contributed by atoms with E-state index in [2.05, 4.69) is 11.3 Å². The molecule has 90 valence electrons. The maximum atomic E-state index is 11.0. The first kappa shape index (κ1) is 14.4. The zero-order valence-electron chi connectivity index (χ0n) is 9.23. The summed E-state index contributed by atoms with van der Waals surface area (Å²) >= 11 is 0. The number of hydrogen-bond acceptors (Lipinski definition) is 4. The molecule has 0 unspecified atom stereocenters. The highest BCUT2D eigenvalue weighted by atomic mass is 16.5. The summed E-state index contributed by atoms with van der Waals surface area (Å²) in [6.45, 7) is 3.41. The number of aliphatic hydroxyl groups is 1. The van der Waals surface area contributed by atoms with Gasteiger partial charge in [0.1, 0.15) is 0 Å². The molecule has 0 aromatic rings. The summed E-state index contributed by atoms with van der Waals surface area (Å²) in [5, 5.41) is 17.4. The lowest BCUT2D eigenvalue weighted by Crippen LogP contribution is -2.05. The molecule has 0 bridgehead atoms. The fourth-order valence-electron chi connectivity index (χ4n) is 1.04. The summed E-state index contributed by atoms with van der Waals surface area (Å²) in [5.41, 5.74) is 0.365. The number of hydrogen-bond donors (Lipinski definition) is 2. The van der Waals surface area contributed by atoms with Crippen LogP contribution in [0.4, 0.5) is 0 Å². The summed E-state index contributed by atoms with van der Waals surface area (Å²) < 4.78 is 4.43. The molecule has 0 amide bonds. The molecule has 0 rings (SSSR count). The molecule has 0 atom stereocenters. The maximum absolute atomic E-state index is 11.0. The molecule has 5 heteroatoms. The molecule has 0 aliphatic carbocycles. The number of carboxylic acid groups (broad SMARTS) is 1.